The Morgan fingerprint density at radius 3 is 2.56 bits per heavy atom. The Hall–Kier alpha value is -3.02. The van der Waals surface area contributed by atoms with Crippen molar-refractivity contribution in [3.8, 4) is 5.75 Å². The SMILES string of the molecule is CCOC(=O)C1CN(C(=O)OCc2ccccc2)c2ccccc2O1. The fourth-order valence-electron chi connectivity index (χ4n) is 2.56. The van der Waals surface area contributed by atoms with Gasteiger partial charge in [-0.15, -0.1) is 0 Å². The van der Waals surface area contributed by atoms with Gasteiger partial charge in [-0.1, -0.05) is 42.5 Å². The zero-order chi connectivity index (χ0) is 17.6. The largest absolute Gasteiger partial charge is 0.475 e. The van der Waals surface area contributed by atoms with Crippen molar-refractivity contribution in [3.05, 3.63) is 60.2 Å². The van der Waals surface area contributed by atoms with Crippen LogP contribution in [-0.4, -0.2) is 31.3 Å². The Kier molecular flexibility index (Phi) is 5.18. The molecule has 0 N–H and O–H groups in total. The predicted octanol–water partition coefficient (Wildman–Crippen LogP) is 3.15. The number of ether oxygens (including phenoxy) is 3. The van der Waals surface area contributed by atoms with Gasteiger partial charge in [-0.2, -0.15) is 0 Å². The molecular weight excluding hydrogens is 322 g/mol. The highest BCUT2D eigenvalue weighted by Gasteiger charge is 2.35. The minimum Gasteiger partial charge on any atom is -0.475 e. The van der Waals surface area contributed by atoms with Gasteiger partial charge in [0.25, 0.3) is 0 Å². The summed E-state index contributed by atoms with van der Waals surface area (Å²) in [6, 6.07) is 16.4. The lowest BCUT2D eigenvalue weighted by atomic mass is 10.2. The topological polar surface area (TPSA) is 65.1 Å². The van der Waals surface area contributed by atoms with Crippen molar-refractivity contribution in [2.24, 2.45) is 0 Å². The van der Waals surface area contributed by atoms with E-state index in [0.717, 1.165) is 5.56 Å². The van der Waals surface area contributed by atoms with E-state index in [2.05, 4.69) is 0 Å². The highest BCUT2D eigenvalue weighted by Crippen LogP contribution is 2.33. The van der Waals surface area contributed by atoms with Crippen molar-refractivity contribution in [3.63, 3.8) is 0 Å². The number of esters is 1. The van der Waals surface area contributed by atoms with Crippen LogP contribution in [0.5, 0.6) is 5.75 Å². The molecule has 0 radical (unpaired) electrons. The highest BCUT2D eigenvalue weighted by molar-refractivity contribution is 5.92. The third-order valence-corrected chi connectivity index (χ3v) is 3.75. The van der Waals surface area contributed by atoms with E-state index in [1.54, 1.807) is 31.2 Å². The second-order valence-corrected chi connectivity index (χ2v) is 5.48. The fourth-order valence-corrected chi connectivity index (χ4v) is 2.56. The number of anilines is 1. The molecule has 1 heterocycles. The van der Waals surface area contributed by atoms with E-state index in [4.69, 9.17) is 14.2 Å². The van der Waals surface area contributed by atoms with Crippen LogP contribution in [0.1, 0.15) is 12.5 Å². The summed E-state index contributed by atoms with van der Waals surface area (Å²) >= 11 is 0. The monoisotopic (exact) mass is 341 g/mol. The maximum Gasteiger partial charge on any atom is 0.414 e. The van der Waals surface area contributed by atoms with Gasteiger partial charge in [-0.25, -0.2) is 9.59 Å². The van der Waals surface area contributed by atoms with Gasteiger partial charge in [0.2, 0.25) is 6.10 Å². The summed E-state index contributed by atoms with van der Waals surface area (Å²) in [6.07, 6.45) is -1.41. The lowest BCUT2D eigenvalue weighted by molar-refractivity contribution is -0.151. The Balaban J connectivity index is 1.76. The van der Waals surface area contributed by atoms with E-state index in [9.17, 15) is 9.59 Å². The number of rotatable bonds is 4. The summed E-state index contributed by atoms with van der Waals surface area (Å²) in [5.74, 6) is -0.0543. The van der Waals surface area contributed by atoms with Crippen molar-refractivity contribution < 1.29 is 23.8 Å². The Labute approximate surface area is 145 Å². The van der Waals surface area contributed by atoms with Crippen LogP contribution in [-0.2, 0) is 20.9 Å². The number of nitrogens with zero attached hydrogens (tertiary/aromatic N) is 1. The van der Waals surface area contributed by atoms with Crippen LogP contribution in [0.3, 0.4) is 0 Å². The maximum atomic E-state index is 12.6. The number of para-hydroxylation sites is 2. The molecule has 6 heteroatoms. The van der Waals surface area contributed by atoms with E-state index in [0.29, 0.717) is 11.4 Å². The molecule has 0 aromatic heterocycles. The molecule has 0 spiro atoms. The maximum absolute atomic E-state index is 12.6. The first-order chi connectivity index (χ1) is 12.2. The molecule has 1 amide bonds. The molecule has 0 saturated carbocycles. The Bertz CT molecular complexity index is 746. The molecule has 0 saturated heterocycles. The van der Waals surface area contributed by atoms with Crippen LogP contribution in [0.15, 0.2) is 54.6 Å². The van der Waals surface area contributed by atoms with Gasteiger partial charge in [0.1, 0.15) is 12.4 Å². The minimum absolute atomic E-state index is 0.0451. The van der Waals surface area contributed by atoms with Crippen LogP contribution in [0.4, 0.5) is 10.5 Å². The van der Waals surface area contributed by atoms with Gasteiger partial charge in [0.05, 0.1) is 18.8 Å². The van der Waals surface area contributed by atoms with E-state index in [1.165, 1.54) is 4.90 Å². The standard InChI is InChI=1S/C19H19NO5/c1-2-23-18(21)17-12-20(15-10-6-7-11-16(15)25-17)19(22)24-13-14-8-4-3-5-9-14/h3-11,17H,2,12-13H2,1H3. The molecular formula is C19H19NO5. The molecule has 0 bridgehead atoms. The van der Waals surface area contributed by atoms with Crippen molar-refractivity contribution in [2.45, 2.75) is 19.6 Å². The molecule has 1 aliphatic heterocycles. The third-order valence-electron chi connectivity index (χ3n) is 3.75. The summed E-state index contributed by atoms with van der Waals surface area (Å²) in [5, 5.41) is 0. The predicted molar refractivity (Wildman–Crippen MR) is 91.5 cm³/mol. The first-order valence-corrected chi connectivity index (χ1v) is 8.09. The molecule has 1 atom stereocenters. The molecule has 2 aromatic carbocycles. The second kappa shape index (κ2) is 7.70. The van der Waals surface area contributed by atoms with Crippen LogP contribution in [0.25, 0.3) is 0 Å². The normalized spacial score (nSPS) is 15.7. The Morgan fingerprint density at radius 1 is 1.08 bits per heavy atom. The molecule has 2 aromatic rings. The Morgan fingerprint density at radius 2 is 1.80 bits per heavy atom. The van der Waals surface area contributed by atoms with Gasteiger partial charge in [-0.3, -0.25) is 4.90 Å². The lowest BCUT2D eigenvalue weighted by Crippen LogP contribution is -2.47. The molecule has 1 aliphatic rings. The van der Waals surface area contributed by atoms with Crippen molar-refractivity contribution in [1.82, 2.24) is 0 Å². The zero-order valence-corrected chi connectivity index (χ0v) is 13.9. The van der Waals surface area contributed by atoms with Crippen molar-refractivity contribution in [1.29, 1.82) is 0 Å². The highest BCUT2D eigenvalue weighted by atomic mass is 16.6. The van der Waals surface area contributed by atoms with Crippen LogP contribution in [0, 0.1) is 0 Å². The first kappa shape index (κ1) is 16.8. The molecule has 130 valence electrons. The summed E-state index contributed by atoms with van der Waals surface area (Å²) < 4.78 is 16.1. The minimum atomic E-state index is -0.876. The zero-order valence-electron chi connectivity index (χ0n) is 13.9. The van der Waals surface area contributed by atoms with E-state index in [-0.39, 0.29) is 19.8 Å². The molecule has 25 heavy (non-hydrogen) atoms. The summed E-state index contributed by atoms with van der Waals surface area (Å²) in [6.45, 7) is 2.17. The van der Waals surface area contributed by atoms with Crippen molar-refractivity contribution >= 4 is 17.7 Å². The van der Waals surface area contributed by atoms with Crippen molar-refractivity contribution in [2.75, 3.05) is 18.1 Å². The molecule has 3 rings (SSSR count). The van der Waals surface area contributed by atoms with Crippen LogP contribution < -0.4 is 9.64 Å². The second-order valence-electron chi connectivity index (χ2n) is 5.48. The molecule has 0 aliphatic carbocycles. The van der Waals surface area contributed by atoms with Gasteiger partial charge in [-0.05, 0) is 24.6 Å². The fraction of sp³-hybridized carbons (Fsp3) is 0.263. The molecule has 0 fully saturated rings. The van der Waals surface area contributed by atoms with Gasteiger partial charge in [0, 0.05) is 0 Å². The number of carbonyl (C=O) groups is 2. The summed E-state index contributed by atoms with van der Waals surface area (Å²) in [5.41, 5.74) is 1.46. The van der Waals surface area contributed by atoms with Crippen LogP contribution in [0.2, 0.25) is 0 Å². The smallest absolute Gasteiger partial charge is 0.414 e. The first-order valence-electron chi connectivity index (χ1n) is 8.09. The van der Waals surface area contributed by atoms with E-state index < -0.39 is 18.2 Å². The number of carbonyl (C=O) groups excluding carboxylic acids is 2. The summed E-state index contributed by atoms with van der Waals surface area (Å²) in [7, 11) is 0. The third kappa shape index (κ3) is 3.91. The van der Waals surface area contributed by atoms with Gasteiger partial charge >= 0.3 is 12.1 Å². The van der Waals surface area contributed by atoms with Gasteiger partial charge < -0.3 is 14.2 Å². The number of benzene rings is 2. The van der Waals surface area contributed by atoms with Gasteiger partial charge in [0.15, 0.2) is 0 Å². The average molecular weight is 341 g/mol. The number of hydrogen-bond acceptors (Lipinski definition) is 5. The summed E-state index contributed by atoms with van der Waals surface area (Å²) in [4.78, 5) is 26.0. The average Bonchev–Trinajstić information content (AvgIpc) is 2.66. The van der Waals surface area contributed by atoms with E-state index >= 15 is 0 Å². The van der Waals surface area contributed by atoms with E-state index in [1.807, 2.05) is 30.3 Å². The number of amides is 1. The number of hydrogen-bond donors (Lipinski definition) is 0. The number of fused-ring (bicyclic) bond motifs is 1. The molecule has 1 unspecified atom stereocenters. The molecule has 6 nitrogen and oxygen atoms in total. The lowest BCUT2D eigenvalue weighted by Gasteiger charge is -2.32. The quantitative estimate of drug-likeness (QED) is 0.799. The van der Waals surface area contributed by atoms with Crippen LogP contribution >= 0.6 is 0 Å².